The molecule has 3 aromatic rings. The summed E-state index contributed by atoms with van der Waals surface area (Å²) in [5.74, 6) is -1.68. The van der Waals surface area contributed by atoms with Gasteiger partial charge in [-0.1, -0.05) is 28.1 Å². The fraction of sp³-hybridized carbons (Fsp3) is 0.118. The van der Waals surface area contributed by atoms with Crippen LogP contribution in [0.2, 0.25) is 0 Å². The first kappa shape index (κ1) is 17.0. The molecule has 128 valence electrons. The van der Waals surface area contributed by atoms with Gasteiger partial charge >= 0.3 is 11.7 Å². The molecule has 0 fully saturated rings. The Hall–Kier alpha value is -2.87. The van der Waals surface area contributed by atoms with Crippen LogP contribution in [0.3, 0.4) is 0 Å². The van der Waals surface area contributed by atoms with Gasteiger partial charge in [0, 0.05) is 4.47 Å². The number of halogens is 1. The second kappa shape index (κ2) is 6.94. The maximum absolute atomic E-state index is 12.3. The number of para-hydroxylation sites is 2. The zero-order chi connectivity index (χ0) is 18.0. The number of anilines is 1. The van der Waals surface area contributed by atoms with Gasteiger partial charge in [-0.15, -0.1) is 0 Å². The van der Waals surface area contributed by atoms with E-state index < -0.39 is 17.6 Å². The molecule has 1 N–H and O–H groups in total. The second-order valence-corrected chi connectivity index (χ2v) is 6.07. The number of nitrogens with zero attached hydrogens (tertiary/aromatic N) is 1. The van der Waals surface area contributed by atoms with Gasteiger partial charge in [0.1, 0.15) is 6.54 Å². The van der Waals surface area contributed by atoms with Crippen molar-refractivity contribution in [3.8, 4) is 0 Å². The molecule has 3 rings (SSSR count). The topological polar surface area (TPSA) is 90.5 Å². The standard InChI is InChI=1S/C17H13BrN2O5/c1-24-16(22)11-8-10(18)6-7-12(11)19-15(21)9-20-13-4-2-3-5-14(13)25-17(20)23/h2-8H,9H2,1H3,(H,19,21). The number of rotatable bonds is 4. The van der Waals surface area contributed by atoms with Crippen LogP contribution in [0.25, 0.3) is 11.1 Å². The first-order chi connectivity index (χ1) is 12.0. The third kappa shape index (κ3) is 3.48. The highest BCUT2D eigenvalue weighted by Gasteiger charge is 2.17. The Morgan fingerprint density at radius 3 is 2.76 bits per heavy atom. The van der Waals surface area contributed by atoms with Gasteiger partial charge in [-0.25, -0.2) is 9.59 Å². The van der Waals surface area contributed by atoms with Crippen molar-refractivity contribution in [1.29, 1.82) is 0 Å². The molecule has 1 amide bonds. The van der Waals surface area contributed by atoms with Crippen LogP contribution in [0, 0.1) is 0 Å². The van der Waals surface area contributed by atoms with Crippen LogP contribution in [-0.2, 0) is 16.1 Å². The van der Waals surface area contributed by atoms with E-state index in [0.29, 0.717) is 21.3 Å². The number of amides is 1. The lowest BCUT2D eigenvalue weighted by Crippen LogP contribution is -2.25. The average Bonchev–Trinajstić information content (AvgIpc) is 2.91. The molecule has 0 radical (unpaired) electrons. The highest BCUT2D eigenvalue weighted by molar-refractivity contribution is 9.10. The van der Waals surface area contributed by atoms with Crippen LogP contribution in [0.1, 0.15) is 10.4 Å². The SMILES string of the molecule is COC(=O)c1cc(Br)ccc1NC(=O)Cn1c(=O)oc2ccccc21. The summed E-state index contributed by atoms with van der Waals surface area (Å²) in [6.07, 6.45) is 0. The molecule has 0 saturated heterocycles. The number of methoxy groups -OCH3 is 1. The number of hydrogen-bond donors (Lipinski definition) is 1. The Morgan fingerprint density at radius 1 is 1.24 bits per heavy atom. The summed E-state index contributed by atoms with van der Waals surface area (Å²) in [5.41, 5.74) is 1.42. The highest BCUT2D eigenvalue weighted by atomic mass is 79.9. The molecular weight excluding hydrogens is 392 g/mol. The van der Waals surface area contributed by atoms with E-state index in [1.807, 2.05) is 0 Å². The number of esters is 1. The molecule has 25 heavy (non-hydrogen) atoms. The van der Waals surface area contributed by atoms with Crippen molar-refractivity contribution >= 4 is 44.6 Å². The molecule has 7 nitrogen and oxygen atoms in total. The van der Waals surface area contributed by atoms with Crippen LogP contribution in [0.15, 0.2) is 56.1 Å². The summed E-state index contributed by atoms with van der Waals surface area (Å²) < 4.78 is 11.7. The number of hydrogen-bond acceptors (Lipinski definition) is 5. The molecular formula is C17H13BrN2O5. The van der Waals surface area contributed by atoms with E-state index in [9.17, 15) is 14.4 Å². The second-order valence-electron chi connectivity index (χ2n) is 5.15. The summed E-state index contributed by atoms with van der Waals surface area (Å²) in [7, 11) is 1.26. The lowest BCUT2D eigenvalue weighted by Gasteiger charge is -2.10. The van der Waals surface area contributed by atoms with Gasteiger partial charge in [0.05, 0.1) is 23.9 Å². The van der Waals surface area contributed by atoms with Gasteiger partial charge in [0.2, 0.25) is 5.91 Å². The minimum atomic E-state index is -0.625. The number of oxazole rings is 1. The number of nitrogens with one attached hydrogen (secondary N) is 1. The first-order valence-corrected chi connectivity index (χ1v) is 8.05. The summed E-state index contributed by atoms with van der Waals surface area (Å²) >= 11 is 3.27. The van der Waals surface area contributed by atoms with E-state index in [0.717, 1.165) is 0 Å². The van der Waals surface area contributed by atoms with Crippen LogP contribution >= 0.6 is 15.9 Å². The lowest BCUT2D eigenvalue weighted by molar-refractivity contribution is -0.116. The Bertz CT molecular complexity index is 1020. The van der Waals surface area contributed by atoms with Gasteiger partial charge in [0.25, 0.3) is 0 Å². The molecule has 0 aliphatic heterocycles. The minimum absolute atomic E-state index is 0.203. The predicted molar refractivity (Wildman–Crippen MR) is 94.6 cm³/mol. The zero-order valence-corrected chi connectivity index (χ0v) is 14.7. The molecule has 8 heteroatoms. The molecule has 0 bridgehead atoms. The fourth-order valence-corrected chi connectivity index (χ4v) is 2.76. The smallest absolute Gasteiger partial charge is 0.420 e. The zero-order valence-electron chi connectivity index (χ0n) is 13.1. The molecule has 1 heterocycles. The maximum Gasteiger partial charge on any atom is 0.420 e. The van der Waals surface area contributed by atoms with E-state index in [4.69, 9.17) is 9.15 Å². The van der Waals surface area contributed by atoms with Crippen LogP contribution in [0.4, 0.5) is 5.69 Å². The molecule has 0 saturated carbocycles. The Kier molecular flexibility index (Phi) is 4.71. The molecule has 0 aliphatic rings. The van der Waals surface area contributed by atoms with Crippen molar-refractivity contribution < 1.29 is 18.7 Å². The van der Waals surface area contributed by atoms with Gasteiger partial charge in [-0.3, -0.25) is 9.36 Å². The maximum atomic E-state index is 12.3. The fourth-order valence-electron chi connectivity index (χ4n) is 2.40. The summed E-state index contributed by atoms with van der Waals surface area (Å²) in [5, 5.41) is 2.62. The van der Waals surface area contributed by atoms with Crippen molar-refractivity contribution in [3.63, 3.8) is 0 Å². The van der Waals surface area contributed by atoms with E-state index >= 15 is 0 Å². The predicted octanol–water partition coefficient (Wildman–Crippen LogP) is 2.78. The summed E-state index contributed by atoms with van der Waals surface area (Å²) in [6.45, 7) is -0.244. The quantitative estimate of drug-likeness (QED) is 0.675. The van der Waals surface area contributed by atoms with E-state index in [2.05, 4.69) is 21.2 Å². The van der Waals surface area contributed by atoms with E-state index in [-0.39, 0.29) is 12.1 Å². The normalized spacial score (nSPS) is 10.6. The van der Waals surface area contributed by atoms with Crippen molar-refractivity contribution in [2.45, 2.75) is 6.54 Å². The third-order valence-corrected chi connectivity index (χ3v) is 4.03. The van der Waals surface area contributed by atoms with Crippen LogP contribution in [-0.4, -0.2) is 23.6 Å². The van der Waals surface area contributed by atoms with Gasteiger partial charge in [-0.2, -0.15) is 0 Å². The van der Waals surface area contributed by atoms with Crippen molar-refractivity contribution in [2.24, 2.45) is 0 Å². The lowest BCUT2D eigenvalue weighted by atomic mass is 10.2. The molecule has 0 atom stereocenters. The number of carbonyl (C=O) groups excluding carboxylic acids is 2. The average molecular weight is 405 g/mol. The first-order valence-electron chi connectivity index (χ1n) is 7.25. The largest absolute Gasteiger partial charge is 0.465 e. The molecule has 0 spiro atoms. The van der Waals surface area contributed by atoms with Crippen LogP contribution < -0.4 is 11.1 Å². The molecule has 0 aliphatic carbocycles. The van der Waals surface area contributed by atoms with Crippen LogP contribution in [0.5, 0.6) is 0 Å². The number of ether oxygens (including phenoxy) is 1. The Morgan fingerprint density at radius 2 is 2.00 bits per heavy atom. The highest BCUT2D eigenvalue weighted by Crippen LogP contribution is 2.22. The third-order valence-electron chi connectivity index (χ3n) is 3.54. The van der Waals surface area contributed by atoms with E-state index in [1.54, 1.807) is 42.5 Å². The summed E-state index contributed by atoms with van der Waals surface area (Å²) in [4.78, 5) is 36.1. The van der Waals surface area contributed by atoms with Gasteiger partial charge in [0.15, 0.2) is 5.58 Å². The van der Waals surface area contributed by atoms with Crippen molar-refractivity contribution in [3.05, 3.63) is 63.1 Å². The minimum Gasteiger partial charge on any atom is -0.465 e. The number of benzene rings is 2. The molecule has 0 unspecified atom stereocenters. The monoisotopic (exact) mass is 404 g/mol. The van der Waals surface area contributed by atoms with Gasteiger partial charge < -0.3 is 14.5 Å². The van der Waals surface area contributed by atoms with E-state index in [1.165, 1.54) is 11.7 Å². The number of carbonyl (C=O) groups is 2. The number of fused-ring (bicyclic) bond motifs is 1. The van der Waals surface area contributed by atoms with Crippen molar-refractivity contribution in [1.82, 2.24) is 4.57 Å². The van der Waals surface area contributed by atoms with Crippen molar-refractivity contribution in [2.75, 3.05) is 12.4 Å². The Balaban J connectivity index is 1.87. The molecule has 1 aromatic heterocycles. The number of aromatic nitrogens is 1. The molecule has 2 aromatic carbocycles. The van der Waals surface area contributed by atoms with Gasteiger partial charge in [-0.05, 0) is 30.3 Å². The summed E-state index contributed by atoms with van der Waals surface area (Å²) in [6, 6.07) is 11.6. The Labute approximate surface area is 150 Å².